The quantitative estimate of drug-likeness (QED) is 0.767. The molecular weight excluding hydrogens is 418 g/mol. The van der Waals surface area contributed by atoms with Crippen LogP contribution in [0, 0.1) is 11.8 Å². The fourth-order valence-corrected chi connectivity index (χ4v) is 4.39. The third-order valence-electron chi connectivity index (χ3n) is 6.46. The van der Waals surface area contributed by atoms with Crippen LogP contribution < -0.4 is 5.32 Å². The van der Waals surface area contributed by atoms with Gasteiger partial charge < -0.3 is 15.0 Å². The van der Waals surface area contributed by atoms with Gasteiger partial charge in [-0.25, -0.2) is 4.68 Å². The summed E-state index contributed by atoms with van der Waals surface area (Å²) in [4.78, 5) is 27.2. The summed E-state index contributed by atoms with van der Waals surface area (Å²) in [5, 5.41) is 12.1. The van der Waals surface area contributed by atoms with Gasteiger partial charge in [-0.3, -0.25) is 9.59 Å². The average molecular weight is 444 g/mol. The van der Waals surface area contributed by atoms with Gasteiger partial charge in [0.25, 0.3) is 5.91 Å². The molecule has 0 radical (unpaired) electrons. The Bertz CT molecular complexity index is 964. The van der Waals surface area contributed by atoms with Crippen molar-refractivity contribution in [2.24, 2.45) is 11.8 Å². The number of hydrogen-bond acceptors (Lipinski definition) is 5. The normalized spacial score (nSPS) is 21.6. The fraction of sp³-hybridized carbons (Fsp3) is 0.545. The predicted octanol–water partition coefficient (Wildman–Crippen LogP) is 2.58. The van der Waals surface area contributed by atoms with E-state index < -0.39 is 0 Å². The van der Waals surface area contributed by atoms with Gasteiger partial charge in [-0.2, -0.15) is 0 Å². The van der Waals surface area contributed by atoms with Crippen molar-refractivity contribution in [2.45, 2.75) is 44.9 Å². The van der Waals surface area contributed by atoms with E-state index in [0.717, 1.165) is 12.1 Å². The summed E-state index contributed by atoms with van der Waals surface area (Å²) in [7, 11) is 0. The largest absolute Gasteiger partial charge is 0.365 e. The lowest BCUT2D eigenvalue weighted by Gasteiger charge is -2.31. The number of rotatable bonds is 5. The van der Waals surface area contributed by atoms with Gasteiger partial charge in [0.05, 0.1) is 18.8 Å². The van der Waals surface area contributed by atoms with Crippen LogP contribution in [0.1, 0.15) is 53.5 Å². The van der Waals surface area contributed by atoms with E-state index in [1.165, 1.54) is 12.8 Å². The molecule has 1 aromatic heterocycles. The zero-order valence-electron chi connectivity index (χ0n) is 17.3. The molecule has 2 amide bonds. The molecule has 164 valence electrons. The minimum Gasteiger partial charge on any atom is -0.365 e. The number of nitrogens with zero attached hydrogens (tertiary/aromatic N) is 4. The lowest BCUT2D eigenvalue weighted by atomic mass is 9.95. The summed E-state index contributed by atoms with van der Waals surface area (Å²) in [5.41, 5.74) is 2.08. The lowest BCUT2D eigenvalue weighted by Crippen LogP contribution is -2.43. The Kier molecular flexibility index (Phi) is 5.67. The first-order chi connectivity index (χ1) is 15.1. The number of benzene rings is 1. The molecule has 1 saturated heterocycles. The molecule has 1 unspecified atom stereocenters. The molecule has 2 fully saturated rings. The van der Waals surface area contributed by atoms with Crippen LogP contribution in [-0.4, -0.2) is 51.3 Å². The highest BCUT2D eigenvalue weighted by atomic mass is 35.5. The first kappa shape index (κ1) is 20.5. The number of fused-ring (bicyclic) bond motifs is 1. The molecule has 2 aromatic rings. The Morgan fingerprint density at radius 1 is 1.13 bits per heavy atom. The van der Waals surface area contributed by atoms with Gasteiger partial charge in [0.2, 0.25) is 5.91 Å². The molecule has 1 N–H and O–H groups in total. The first-order valence-corrected chi connectivity index (χ1v) is 11.3. The number of likely N-dealkylation sites (tertiary alicyclic amines) is 1. The second-order valence-corrected chi connectivity index (χ2v) is 9.11. The number of amides is 2. The molecule has 0 spiro atoms. The second kappa shape index (κ2) is 8.59. The van der Waals surface area contributed by atoms with Gasteiger partial charge in [-0.15, -0.1) is 5.10 Å². The van der Waals surface area contributed by atoms with Crippen LogP contribution in [0.25, 0.3) is 0 Å². The maximum Gasteiger partial charge on any atom is 0.276 e. The van der Waals surface area contributed by atoms with Crippen molar-refractivity contribution in [1.82, 2.24) is 25.2 Å². The van der Waals surface area contributed by atoms with Gasteiger partial charge in [0.1, 0.15) is 6.10 Å². The van der Waals surface area contributed by atoms with E-state index in [4.69, 9.17) is 16.3 Å². The van der Waals surface area contributed by atoms with Gasteiger partial charge in [-0.05, 0) is 49.3 Å². The van der Waals surface area contributed by atoms with Crippen LogP contribution >= 0.6 is 11.6 Å². The number of nitrogens with one attached hydrogen (secondary N) is 1. The van der Waals surface area contributed by atoms with Crippen LogP contribution in [0.15, 0.2) is 24.3 Å². The molecular formula is C22H26ClN5O3. The van der Waals surface area contributed by atoms with Crippen molar-refractivity contribution in [2.75, 3.05) is 19.6 Å². The van der Waals surface area contributed by atoms with Crippen molar-refractivity contribution >= 4 is 23.4 Å². The van der Waals surface area contributed by atoms with Crippen molar-refractivity contribution in [1.29, 1.82) is 0 Å². The number of piperidine rings is 1. The molecule has 3 aliphatic rings. The number of carbonyl (C=O) groups excluding carboxylic acids is 2. The van der Waals surface area contributed by atoms with Gasteiger partial charge in [-0.1, -0.05) is 28.9 Å². The Labute approximate surface area is 185 Å². The summed E-state index contributed by atoms with van der Waals surface area (Å²) in [6, 6.07) is 7.54. The average Bonchev–Trinajstić information content (AvgIpc) is 3.54. The van der Waals surface area contributed by atoms with E-state index >= 15 is 0 Å². The highest BCUT2D eigenvalue weighted by molar-refractivity contribution is 6.30. The fourth-order valence-electron chi connectivity index (χ4n) is 4.26. The highest BCUT2D eigenvalue weighted by Crippen LogP contribution is 2.29. The summed E-state index contributed by atoms with van der Waals surface area (Å²) in [6.45, 7) is 2.69. The van der Waals surface area contributed by atoms with Crippen LogP contribution in [0.5, 0.6) is 0 Å². The topological polar surface area (TPSA) is 89.4 Å². The van der Waals surface area contributed by atoms with E-state index in [2.05, 4.69) is 15.6 Å². The van der Waals surface area contributed by atoms with Crippen molar-refractivity contribution in [3.8, 4) is 0 Å². The van der Waals surface area contributed by atoms with Gasteiger partial charge >= 0.3 is 0 Å². The van der Waals surface area contributed by atoms with Crippen LogP contribution in [0.3, 0.4) is 0 Å². The lowest BCUT2D eigenvalue weighted by molar-refractivity contribution is -0.126. The molecule has 1 aliphatic carbocycles. The van der Waals surface area contributed by atoms with E-state index in [0.29, 0.717) is 54.8 Å². The number of hydrogen-bond donors (Lipinski definition) is 1. The zero-order chi connectivity index (χ0) is 21.4. The Morgan fingerprint density at radius 2 is 1.87 bits per heavy atom. The van der Waals surface area contributed by atoms with E-state index in [1.54, 1.807) is 9.58 Å². The zero-order valence-corrected chi connectivity index (χ0v) is 18.1. The van der Waals surface area contributed by atoms with E-state index in [1.807, 2.05) is 24.3 Å². The molecule has 0 bridgehead atoms. The molecule has 1 saturated carbocycles. The Morgan fingerprint density at radius 3 is 2.58 bits per heavy atom. The summed E-state index contributed by atoms with van der Waals surface area (Å²) < 4.78 is 7.76. The SMILES string of the molecule is O=C(NCC1CC1)C1CCN(C(=O)c2nnn3c2COC(c2ccc(Cl)cc2)C3)CC1. The molecule has 1 atom stereocenters. The minimum absolute atomic E-state index is 0.0136. The maximum absolute atomic E-state index is 13.1. The number of halogens is 1. The van der Waals surface area contributed by atoms with Crippen molar-refractivity contribution in [3.63, 3.8) is 0 Å². The Hall–Kier alpha value is -2.45. The van der Waals surface area contributed by atoms with Crippen LogP contribution in [0.4, 0.5) is 0 Å². The molecule has 2 aliphatic heterocycles. The summed E-state index contributed by atoms with van der Waals surface area (Å²) in [5.74, 6) is 0.653. The maximum atomic E-state index is 13.1. The molecule has 5 rings (SSSR count). The number of aromatic nitrogens is 3. The summed E-state index contributed by atoms with van der Waals surface area (Å²) >= 11 is 5.97. The first-order valence-electron chi connectivity index (χ1n) is 10.9. The Balaban J connectivity index is 1.19. The van der Waals surface area contributed by atoms with Crippen molar-refractivity contribution < 1.29 is 14.3 Å². The molecule has 3 heterocycles. The van der Waals surface area contributed by atoms with Crippen LogP contribution in [-0.2, 0) is 22.7 Å². The number of carbonyl (C=O) groups is 2. The predicted molar refractivity (Wildman–Crippen MR) is 113 cm³/mol. The van der Waals surface area contributed by atoms with Gasteiger partial charge in [0, 0.05) is 30.6 Å². The van der Waals surface area contributed by atoms with E-state index in [-0.39, 0.29) is 30.4 Å². The minimum atomic E-state index is -0.153. The standard InChI is InChI=1S/C22H26ClN5O3/c23-17-5-3-15(4-6-17)19-12-28-18(13-31-19)20(25-26-28)22(30)27-9-7-16(8-10-27)21(29)24-11-14-1-2-14/h3-6,14,16,19H,1-2,7-13H2,(H,24,29). The second-order valence-electron chi connectivity index (χ2n) is 8.67. The van der Waals surface area contributed by atoms with Gasteiger partial charge in [0.15, 0.2) is 5.69 Å². The molecule has 8 nitrogen and oxygen atoms in total. The third-order valence-corrected chi connectivity index (χ3v) is 6.71. The van der Waals surface area contributed by atoms with Crippen molar-refractivity contribution in [3.05, 3.63) is 46.2 Å². The third kappa shape index (κ3) is 4.45. The molecule has 9 heteroatoms. The summed E-state index contributed by atoms with van der Waals surface area (Å²) in [6.07, 6.45) is 3.65. The molecule has 31 heavy (non-hydrogen) atoms. The number of ether oxygens (including phenoxy) is 1. The highest BCUT2D eigenvalue weighted by Gasteiger charge is 2.33. The van der Waals surface area contributed by atoms with Crippen LogP contribution in [0.2, 0.25) is 5.02 Å². The van der Waals surface area contributed by atoms with E-state index in [9.17, 15) is 9.59 Å². The smallest absolute Gasteiger partial charge is 0.276 e. The molecule has 1 aromatic carbocycles. The monoisotopic (exact) mass is 443 g/mol.